The first kappa shape index (κ1) is 27.4. The fourth-order valence-electron chi connectivity index (χ4n) is 3.56. The molecule has 0 aliphatic carbocycles. The summed E-state index contributed by atoms with van der Waals surface area (Å²) in [7, 11) is 0. The first-order valence-electron chi connectivity index (χ1n) is 13.0. The van der Waals surface area contributed by atoms with Crippen LogP contribution in [0.15, 0.2) is 42.5 Å². The Balaban J connectivity index is 1.50. The molecule has 6 heteroatoms. The zero-order chi connectivity index (χ0) is 26.2. The van der Waals surface area contributed by atoms with Crippen molar-refractivity contribution < 1.29 is 23.7 Å². The molecule has 6 nitrogen and oxygen atoms in total. The van der Waals surface area contributed by atoms with Crippen molar-refractivity contribution >= 4 is 12.0 Å². The van der Waals surface area contributed by atoms with Gasteiger partial charge in [0.2, 0.25) is 12.7 Å². The van der Waals surface area contributed by atoms with Crippen molar-refractivity contribution in [3.63, 3.8) is 0 Å². The van der Waals surface area contributed by atoms with E-state index in [1.165, 1.54) is 0 Å². The molecule has 0 unspecified atom stereocenters. The Morgan fingerprint density at radius 2 is 1.67 bits per heavy atom. The van der Waals surface area contributed by atoms with Gasteiger partial charge in [0.25, 0.3) is 0 Å². The first-order valence-corrected chi connectivity index (χ1v) is 13.0. The molecule has 0 radical (unpaired) electrons. The zero-order valence-electron chi connectivity index (χ0n) is 22.6. The Hall–Kier alpha value is -3.15. The Morgan fingerprint density at radius 3 is 2.42 bits per heavy atom. The summed E-state index contributed by atoms with van der Waals surface area (Å²) >= 11 is 0. The summed E-state index contributed by atoms with van der Waals surface area (Å²) in [6, 6.07) is 11.8. The molecule has 2 aromatic rings. The van der Waals surface area contributed by atoms with Crippen LogP contribution >= 0.6 is 0 Å². The van der Waals surface area contributed by atoms with Crippen LogP contribution in [0.2, 0.25) is 0 Å². The highest BCUT2D eigenvalue weighted by molar-refractivity contribution is 5.91. The fraction of sp³-hybridized carbons (Fsp3) is 0.500. The van der Waals surface area contributed by atoms with E-state index < -0.39 is 0 Å². The van der Waals surface area contributed by atoms with Gasteiger partial charge in [-0.05, 0) is 95.2 Å². The maximum Gasteiger partial charge on any atom is 0.243 e. The fourth-order valence-corrected chi connectivity index (χ4v) is 3.56. The van der Waals surface area contributed by atoms with Crippen molar-refractivity contribution in [2.24, 2.45) is 0 Å². The maximum atomic E-state index is 12.2. The highest BCUT2D eigenvalue weighted by Gasteiger charge is 2.21. The highest BCUT2D eigenvalue weighted by atomic mass is 16.7. The number of rotatable bonds is 13. The van der Waals surface area contributed by atoms with E-state index in [9.17, 15) is 4.79 Å². The topological polar surface area (TPSA) is 66.0 Å². The average molecular weight is 496 g/mol. The van der Waals surface area contributed by atoms with Gasteiger partial charge in [-0.2, -0.15) is 0 Å². The van der Waals surface area contributed by atoms with Crippen molar-refractivity contribution in [3.8, 4) is 23.0 Å². The third-order valence-corrected chi connectivity index (χ3v) is 6.52. The lowest BCUT2D eigenvalue weighted by Gasteiger charge is -2.29. The minimum atomic E-state index is -0.258. The summed E-state index contributed by atoms with van der Waals surface area (Å²) in [5.41, 5.74) is 1.57. The predicted molar refractivity (Wildman–Crippen MR) is 144 cm³/mol. The van der Waals surface area contributed by atoms with Crippen LogP contribution in [0.3, 0.4) is 0 Å². The van der Waals surface area contributed by atoms with Gasteiger partial charge < -0.3 is 24.3 Å². The lowest BCUT2D eigenvalue weighted by atomic mass is 10.0. The quantitative estimate of drug-likeness (QED) is 0.247. The number of amides is 1. The molecule has 0 bridgehead atoms. The van der Waals surface area contributed by atoms with E-state index in [1.54, 1.807) is 12.2 Å². The Morgan fingerprint density at radius 1 is 0.944 bits per heavy atom. The molecule has 1 N–H and O–H groups in total. The van der Waals surface area contributed by atoms with Crippen LogP contribution in [0.5, 0.6) is 23.0 Å². The van der Waals surface area contributed by atoms with Gasteiger partial charge in [0.1, 0.15) is 22.7 Å². The number of fused-ring (bicyclic) bond motifs is 1. The average Bonchev–Trinajstić information content (AvgIpc) is 3.31. The largest absolute Gasteiger partial charge is 0.488 e. The molecule has 0 fully saturated rings. The molecule has 196 valence electrons. The summed E-state index contributed by atoms with van der Waals surface area (Å²) in [5.74, 6) is 3.03. The van der Waals surface area contributed by atoms with Crippen LogP contribution in [0.25, 0.3) is 6.08 Å². The van der Waals surface area contributed by atoms with Gasteiger partial charge in [-0.25, -0.2) is 0 Å². The summed E-state index contributed by atoms with van der Waals surface area (Å²) < 4.78 is 23.3. The molecule has 0 atom stereocenters. The second-order valence-corrected chi connectivity index (χ2v) is 10.4. The Labute approximate surface area is 216 Å². The molecular formula is C30H41NO5. The standard InChI is InChI=1S/C30H41NO5/c1-7-29(3,4)35-24-15-14-23(26(20-24)36-30(5,6)8-2)11-9-10-18-31-28(32)17-13-22-12-16-25-27(19-22)34-21-33-25/h12-17,19-20H,7-11,18,21H2,1-6H3,(H,31,32). The zero-order valence-corrected chi connectivity index (χ0v) is 22.6. The monoisotopic (exact) mass is 495 g/mol. The molecule has 0 spiro atoms. The molecule has 0 aromatic heterocycles. The number of carbonyl (C=O) groups excluding carboxylic acids is 1. The van der Waals surface area contributed by atoms with Crippen molar-refractivity contribution in [1.29, 1.82) is 0 Å². The second kappa shape index (κ2) is 12.2. The van der Waals surface area contributed by atoms with Gasteiger partial charge in [-0.15, -0.1) is 0 Å². The number of aryl methyl sites for hydroxylation is 1. The molecule has 1 aliphatic rings. The van der Waals surface area contributed by atoms with Crippen molar-refractivity contribution in [3.05, 3.63) is 53.6 Å². The molecule has 1 amide bonds. The first-order chi connectivity index (χ1) is 17.1. The van der Waals surface area contributed by atoms with Crippen LogP contribution in [-0.2, 0) is 11.2 Å². The van der Waals surface area contributed by atoms with Gasteiger partial charge in [0, 0.05) is 18.7 Å². The van der Waals surface area contributed by atoms with Gasteiger partial charge in [-0.3, -0.25) is 4.79 Å². The number of nitrogens with one attached hydrogen (secondary N) is 1. The summed E-state index contributed by atoms with van der Waals surface area (Å²) in [5, 5.41) is 2.96. The maximum absolute atomic E-state index is 12.2. The number of unbranched alkanes of at least 4 members (excludes halogenated alkanes) is 1. The minimum absolute atomic E-state index is 0.110. The van der Waals surface area contributed by atoms with E-state index >= 15 is 0 Å². The molecule has 0 saturated carbocycles. The van der Waals surface area contributed by atoms with Crippen molar-refractivity contribution in [2.45, 2.75) is 84.8 Å². The smallest absolute Gasteiger partial charge is 0.243 e. The van der Waals surface area contributed by atoms with Gasteiger partial charge in [0.15, 0.2) is 11.5 Å². The second-order valence-electron chi connectivity index (χ2n) is 10.4. The summed E-state index contributed by atoms with van der Waals surface area (Å²) in [6.07, 6.45) is 7.84. The van der Waals surface area contributed by atoms with Crippen molar-refractivity contribution in [2.75, 3.05) is 13.3 Å². The number of carbonyl (C=O) groups is 1. The highest BCUT2D eigenvalue weighted by Crippen LogP contribution is 2.33. The third kappa shape index (κ3) is 8.21. The number of benzene rings is 2. The summed E-state index contributed by atoms with van der Waals surface area (Å²) in [6.45, 7) is 13.5. The van der Waals surface area contributed by atoms with Crippen LogP contribution in [-0.4, -0.2) is 30.4 Å². The van der Waals surface area contributed by atoms with Crippen molar-refractivity contribution in [1.82, 2.24) is 5.32 Å². The lowest BCUT2D eigenvalue weighted by Crippen LogP contribution is -2.28. The Bertz CT molecular complexity index is 1060. The molecular weight excluding hydrogens is 454 g/mol. The lowest BCUT2D eigenvalue weighted by molar-refractivity contribution is -0.116. The van der Waals surface area contributed by atoms with Gasteiger partial charge in [0.05, 0.1) is 0 Å². The third-order valence-electron chi connectivity index (χ3n) is 6.52. The van der Waals surface area contributed by atoms with Crippen LogP contribution in [0, 0.1) is 0 Å². The van der Waals surface area contributed by atoms with Gasteiger partial charge in [-0.1, -0.05) is 26.0 Å². The van der Waals surface area contributed by atoms with E-state index in [0.717, 1.165) is 60.5 Å². The SMILES string of the molecule is CCC(C)(C)Oc1ccc(CCCCNC(=O)C=Cc2ccc3c(c2)OCO3)c(OC(C)(C)CC)c1. The van der Waals surface area contributed by atoms with Crippen LogP contribution in [0.4, 0.5) is 0 Å². The molecule has 3 rings (SSSR count). The Kier molecular flexibility index (Phi) is 9.30. The van der Waals surface area contributed by atoms with E-state index in [1.807, 2.05) is 30.3 Å². The van der Waals surface area contributed by atoms with E-state index in [-0.39, 0.29) is 23.9 Å². The predicted octanol–water partition coefficient (Wildman–Crippen LogP) is 6.70. The van der Waals surface area contributed by atoms with E-state index in [2.05, 4.69) is 52.9 Å². The van der Waals surface area contributed by atoms with Crippen LogP contribution in [0.1, 0.15) is 78.4 Å². The van der Waals surface area contributed by atoms with E-state index in [0.29, 0.717) is 12.3 Å². The molecule has 0 saturated heterocycles. The summed E-state index contributed by atoms with van der Waals surface area (Å²) in [4.78, 5) is 12.2. The molecule has 1 aliphatic heterocycles. The van der Waals surface area contributed by atoms with Gasteiger partial charge >= 0.3 is 0 Å². The number of hydrogen-bond donors (Lipinski definition) is 1. The van der Waals surface area contributed by atoms with Crippen LogP contribution < -0.4 is 24.3 Å². The van der Waals surface area contributed by atoms with E-state index in [4.69, 9.17) is 18.9 Å². The minimum Gasteiger partial charge on any atom is -0.488 e. The molecule has 2 aromatic carbocycles. The molecule has 1 heterocycles. The molecule has 36 heavy (non-hydrogen) atoms. The normalized spacial score (nSPS) is 13.2. The number of ether oxygens (including phenoxy) is 4. The number of hydrogen-bond acceptors (Lipinski definition) is 5.